The number of aromatic nitrogens is 2. The second-order valence-corrected chi connectivity index (χ2v) is 8.05. The first-order chi connectivity index (χ1) is 13.7. The van der Waals surface area contributed by atoms with Crippen molar-refractivity contribution in [2.24, 2.45) is 11.1 Å². The highest BCUT2D eigenvalue weighted by molar-refractivity contribution is 6.15. The number of hydrogen-bond donors (Lipinski definition) is 2. The lowest BCUT2D eigenvalue weighted by Gasteiger charge is -2.34. The minimum atomic E-state index is -0.602. The summed E-state index contributed by atoms with van der Waals surface area (Å²) in [5, 5.41) is 13.0. The monoisotopic (exact) mass is 397 g/mol. The van der Waals surface area contributed by atoms with Gasteiger partial charge in [0, 0.05) is 42.1 Å². The molecule has 1 aromatic carbocycles. The Kier molecular flexibility index (Phi) is 5.46. The Morgan fingerprint density at radius 1 is 1.31 bits per heavy atom. The molecule has 154 valence electrons. The molecular formula is C21H27N5O3. The highest BCUT2D eigenvalue weighted by Gasteiger charge is 2.40. The molecule has 1 aromatic heterocycles. The quantitative estimate of drug-likeness (QED) is 0.565. The van der Waals surface area contributed by atoms with Gasteiger partial charge in [0.25, 0.3) is 0 Å². The van der Waals surface area contributed by atoms with Gasteiger partial charge >= 0.3 is 0 Å². The van der Waals surface area contributed by atoms with E-state index in [1.54, 1.807) is 12.0 Å². The number of benzene rings is 1. The molecule has 8 nitrogen and oxygen atoms in total. The van der Waals surface area contributed by atoms with Gasteiger partial charge in [0.05, 0.1) is 18.5 Å². The van der Waals surface area contributed by atoms with Crippen molar-refractivity contribution in [1.29, 1.82) is 0 Å². The van der Waals surface area contributed by atoms with Crippen LogP contribution in [0.4, 0.5) is 5.82 Å². The van der Waals surface area contributed by atoms with Gasteiger partial charge in [0.2, 0.25) is 5.91 Å². The summed E-state index contributed by atoms with van der Waals surface area (Å²) in [6, 6.07) is 5.57. The van der Waals surface area contributed by atoms with Crippen molar-refractivity contribution in [1.82, 2.24) is 14.9 Å². The molecule has 3 N–H and O–H groups in total. The van der Waals surface area contributed by atoms with Crippen molar-refractivity contribution in [3.05, 3.63) is 35.7 Å². The summed E-state index contributed by atoms with van der Waals surface area (Å²) < 4.78 is 5.26. The molecule has 2 aliphatic rings. The molecule has 0 saturated carbocycles. The summed E-state index contributed by atoms with van der Waals surface area (Å²) in [7, 11) is 3.45. The third kappa shape index (κ3) is 3.62. The standard InChI is InChI=1S/C15H16N4O2.C6H11NO/c1-15(2)11-12(17-7-18-14(11)16)9-5-4-8(21-3)6-10(9)13(15)19-20;1-5-3-6(8)7(2)4-5/h4-7,20H,1-3H3,(H2,16,17,18);5H,3-4H2,1-2H3/b19-13+;/t;5-/m.0/s1. The molecule has 8 heteroatoms. The Labute approximate surface area is 170 Å². The van der Waals surface area contributed by atoms with Crippen LogP contribution in [0.15, 0.2) is 29.7 Å². The number of ether oxygens (including phenoxy) is 1. The molecule has 0 radical (unpaired) electrons. The Balaban J connectivity index is 0.000000252. The number of likely N-dealkylation sites (tertiary alicyclic amines) is 1. The zero-order valence-electron chi connectivity index (χ0n) is 17.4. The van der Waals surface area contributed by atoms with Gasteiger partial charge in [0.15, 0.2) is 0 Å². The van der Waals surface area contributed by atoms with E-state index in [4.69, 9.17) is 10.5 Å². The molecule has 1 atom stereocenters. The van der Waals surface area contributed by atoms with Crippen molar-refractivity contribution in [2.75, 3.05) is 26.4 Å². The van der Waals surface area contributed by atoms with E-state index < -0.39 is 5.41 Å². The number of fused-ring (bicyclic) bond motifs is 3. The predicted molar refractivity (Wildman–Crippen MR) is 111 cm³/mol. The molecule has 2 heterocycles. The highest BCUT2D eigenvalue weighted by Crippen LogP contribution is 2.44. The second kappa shape index (κ2) is 7.69. The first kappa shape index (κ1) is 20.6. The van der Waals surface area contributed by atoms with Gasteiger partial charge in [-0.3, -0.25) is 4.79 Å². The molecule has 1 aliphatic carbocycles. The number of carbonyl (C=O) groups is 1. The number of anilines is 1. The van der Waals surface area contributed by atoms with Crippen LogP contribution in [0.1, 0.15) is 38.3 Å². The van der Waals surface area contributed by atoms with E-state index in [-0.39, 0.29) is 5.91 Å². The summed E-state index contributed by atoms with van der Waals surface area (Å²) in [6.07, 6.45) is 2.19. The van der Waals surface area contributed by atoms with E-state index in [0.29, 0.717) is 23.2 Å². The lowest BCUT2D eigenvalue weighted by atomic mass is 9.70. The number of methoxy groups -OCH3 is 1. The van der Waals surface area contributed by atoms with Gasteiger partial charge in [-0.05, 0) is 38.0 Å². The Morgan fingerprint density at radius 3 is 2.55 bits per heavy atom. The van der Waals surface area contributed by atoms with Gasteiger partial charge in [-0.2, -0.15) is 0 Å². The van der Waals surface area contributed by atoms with Crippen LogP contribution in [-0.2, 0) is 10.2 Å². The van der Waals surface area contributed by atoms with Crippen LogP contribution < -0.4 is 10.5 Å². The van der Waals surface area contributed by atoms with Crippen LogP contribution in [0.3, 0.4) is 0 Å². The van der Waals surface area contributed by atoms with Crippen molar-refractivity contribution in [3.8, 4) is 17.0 Å². The first-order valence-corrected chi connectivity index (χ1v) is 9.46. The van der Waals surface area contributed by atoms with Crippen LogP contribution >= 0.6 is 0 Å². The number of nitrogens with two attached hydrogens (primary N) is 1. The van der Waals surface area contributed by atoms with Gasteiger partial charge in [-0.15, -0.1) is 0 Å². The van der Waals surface area contributed by atoms with Gasteiger partial charge < -0.3 is 20.6 Å². The lowest BCUT2D eigenvalue weighted by molar-refractivity contribution is -0.126. The fourth-order valence-electron chi connectivity index (χ4n) is 3.99. The van der Waals surface area contributed by atoms with E-state index in [1.165, 1.54) is 6.33 Å². The van der Waals surface area contributed by atoms with Crippen LogP contribution in [0.25, 0.3) is 11.3 Å². The number of nitrogen functional groups attached to an aromatic ring is 1. The topological polar surface area (TPSA) is 114 Å². The fraction of sp³-hybridized carbons (Fsp3) is 0.429. The Bertz CT molecular complexity index is 971. The SMILES string of the molecule is COc1ccc2c(c1)/C(=N\O)C(C)(C)c1c(N)ncnc1-2.C[C@H]1CC(=O)N(C)C1. The van der Waals surface area contributed by atoms with E-state index >= 15 is 0 Å². The van der Waals surface area contributed by atoms with E-state index in [9.17, 15) is 10.0 Å². The van der Waals surface area contributed by atoms with Gasteiger partial charge in [-0.25, -0.2) is 9.97 Å². The Hall–Kier alpha value is -3.16. The summed E-state index contributed by atoms with van der Waals surface area (Å²) in [4.78, 5) is 20.9. The smallest absolute Gasteiger partial charge is 0.222 e. The number of hydrogen-bond acceptors (Lipinski definition) is 7. The molecule has 0 unspecified atom stereocenters. The van der Waals surface area contributed by atoms with Gasteiger partial charge in [0.1, 0.15) is 17.9 Å². The Morgan fingerprint density at radius 2 is 2.03 bits per heavy atom. The predicted octanol–water partition coefficient (Wildman–Crippen LogP) is 2.69. The number of nitrogens with zero attached hydrogens (tertiary/aromatic N) is 4. The van der Waals surface area contributed by atoms with E-state index in [0.717, 1.165) is 35.3 Å². The number of amides is 1. The maximum atomic E-state index is 10.7. The minimum Gasteiger partial charge on any atom is -0.497 e. The van der Waals surface area contributed by atoms with Crippen LogP contribution in [-0.4, -0.2) is 52.4 Å². The average molecular weight is 397 g/mol. The largest absolute Gasteiger partial charge is 0.497 e. The summed E-state index contributed by atoms with van der Waals surface area (Å²) in [5.41, 5.74) is 9.12. The molecule has 0 bridgehead atoms. The molecular weight excluding hydrogens is 370 g/mol. The number of carbonyl (C=O) groups excluding carboxylic acids is 1. The highest BCUT2D eigenvalue weighted by atomic mass is 16.5. The third-order valence-corrected chi connectivity index (χ3v) is 5.46. The van der Waals surface area contributed by atoms with Crippen LogP contribution in [0.2, 0.25) is 0 Å². The van der Waals surface area contributed by atoms with Crippen LogP contribution in [0, 0.1) is 5.92 Å². The normalized spacial score (nSPS) is 20.6. The minimum absolute atomic E-state index is 0.289. The lowest BCUT2D eigenvalue weighted by Crippen LogP contribution is -2.36. The zero-order chi connectivity index (χ0) is 21.3. The molecule has 2 aromatic rings. The van der Waals surface area contributed by atoms with Crippen molar-refractivity contribution in [2.45, 2.75) is 32.6 Å². The molecule has 1 amide bonds. The van der Waals surface area contributed by atoms with Crippen molar-refractivity contribution >= 4 is 17.4 Å². The maximum Gasteiger partial charge on any atom is 0.222 e. The molecule has 1 aliphatic heterocycles. The zero-order valence-corrected chi connectivity index (χ0v) is 17.4. The van der Waals surface area contributed by atoms with Crippen molar-refractivity contribution in [3.63, 3.8) is 0 Å². The molecule has 1 fully saturated rings. The van der Waals surface area contributed by atoms with Crippen LogP contribution in [0.5, 0.6) is 5.75 Å². The maximum absolute atomic E-state index is 10.7. The molecule has 1 saturated heterocycles. The van der Waals surface area contributed by atoms with E-state index in [1.807, 2.05) is 39.1 Å². The summed E-state index contributed by atoms with van der Waals surface area (Å²) in [5.74, 6) is 1.95. The number of rotatable bonds is 1. The molecule has 4 rings (SSSR count). The summed E-state index contributed by atoms with van der Waals surface area (Å²) >= 11 is 0. The van der Waals surface area contributed by atoms with Crippen molar-refractivity contribution < 1.29 is 14.7 Å². The summed E-state index contributed by atoms with van der Waals surface area (Å²) in [6.45, 7) is 6.91. The fourth-order valence-corrected chi connectivity index (χ4v) is 3.99. The average Bonchev–Trinajstić information content (AvgIpc) is 2.96. The molecule has 29 heavy (non-hydrogen) atoms. The second-order valence-electron chi connectivity index (χ2n) is 8.05. The van der Waals surface area contributed by atoms with Gasteiger partial charge in [-0.1, -0.05) is 12.1 Å². The third-order valence-electron chi connectivity index (χ3n) is 5.46. The number of oxime groups is 1. The molecule has 0 spiro atoms. The van der Waals surface area contributed by atoms with E-state index in [2.05, 4.69) is 22.0 Å². The first-order valence-electron chi connectivity index (χ1n) is 9.46.